The molecule has 106 valence electrons. The van der Waals surface area contributed by atoms with Gasteiger partial charge in [0.2, 0.25) is 0 Å². The van der Waals surface area contributed by atoms with Crippen LogP contribution in [0.3, 0.4) is 0 Å². The van der Waals surface area contributed by atoms with Crippen LogP contribution in [-0.2, 0) is 12.8 Å². The Kier molecular flexibility index (Phi) is 4.10. The summed E-state index contributed by atoms with van der Waals surface area (Å²) in [5.41, 5.74) is 2.72. The molecule has 0 bridgehead atoms. The molecule has 20 heavy (non-hydrogen) atoms. The molecule has 1 aromatic carbocycles. The molecule has 0 atom stereocenters. The van der Waals surface area contributed by atoms with Crippen molar-refractivity contribution < 1.29 is 0 Å². The van der Waals surface area contributed by atoms with E-state index in [-0.39, 0.29) is 0 Å². The van der Waals surface area contributed by atoms with Gasteiger partial charge in [-0.2, -0.15) is 0 Å². The highest BCUT2D eigenvalue weighted by Crippen LogP contribution is 2.34. The molecule has 0 aliphatic heterocycles. The summed E-state index contributed by atoms with van der Waals surface area (Å²) < 4.78 is 2.19. The summed E-state index contributed by atoms with van der Waals surface area (Å²) in [5.74, 6) is 2.76. The van der Waals surface area contributed by atoms with Crippen LogP contribution in [0.25, 0.3) is 0 Å². The average molecular weight is 287 g/mol. The molecule has 1 heterocycles. The van der Waals surface area contributed by atoms with Gasteiger partial charge in [0.1, 0.15) is 5.82 Å². The molecule has 3 rings (SSSR count). The van der Waals surface area contributed by atoms with Crippen molar-refractivity contribution >= 4 is 11.8 Å². The lowest BCUT2D eigenvalue weighted by Crippen LogP contribution is -2.03. The zero-order chi connectivity index (χ0) is 13.9. The zero-order valence-corrected chi connectivity index (χ0v) is 13.0. The molecule has 0 spiro atoms. The van der Waals surface area contributed by atoms with Crippen LogP contribution in [0.1, 0.15) is 48.6 Å². The molecule has 4 heteroatoms. The molecule has 2 aromatic rings. The van der Waals surface area contributed by atoms with Crippen LogP contribution in [-0.4, -0.2) is 14.8 Å². The number of thioether (sulfide) groups is 1. The van der Waals surface area contributed by atoms with Crippen molar-refractivity contribution in [3.05, 3.63) is 41.2 Å². The minimum Gasteiger partial charge on any atom is -0.309 e. The highest BCUT2D eigenvalue weighted by atomic mass is 32.2. The third-order valence-electron chi connectivity index (χ3n) is 4.21. The summed E-state index contributed by atoms with van der Waals surface area (Å²) >= 11 is 1.78. The fourth-order valence-electron chi connectivity index (χ4n) is 2.91. The Hall–Kier alpha value is -1.29. The maximum atomic E-state index is 4.42. The molecular weight excluding hydrogens is 266 g/mol. The molecule has 1 saturated carbocycles. The monoisotopic (exact) mass is 287 g/mol. The number of nitrogens with zero attached hydrogens (tertiary/aromatic N) is 3. The van der Waals surface area contributed by atoms with Crippen LogP contribution >= 0.6 is 11.8 Å². The summed E-state index contributed by atoms with van der Waals surface area (Å²) in [6, 6.07) is 8.54. The third kappa shape index (κ3) is 2.75. The first-order valence-electron chi connectivity index (χ1n) is 7.32. The van der Waals surface area contributed by atoms with Gasteiger partial charge in [-0.25, -0.2) is 0 Å². The van der Waals surface area contributed by atoms with Crippen molar-refractivity contribution in [1.29, 1.82) is 0 Å². The van der Waals surface area contributed by atoms with Gasteiger partial charge in [0.15, 0.2) is 5.16 Å². The van der Waals surface area contributed by atoms with Crippen molar-refractivity contribution in [3.63, 3.8) is 0 Å². The van der Waals surface area contributed by atoms with Crippen LogP contribution < -0.4 is 0 Å². The van der Waals surface area contributed by atoms with E-state index in [1.165, 1.54) is 42.6 Å². The van der Waals surface area contributed by atoms with Gasteiger partial charge in [-0.05, 0) is 30.9 Å². The van der Waals surface area contributed by atoms with Crippen molar-refractivity contribution in [1.82, 2.24) is 14.8 Å². The van der Waals surface area contributed by atoms with Crippen LogP contribution in [0.15, 0.2) is 29.4 Å². The van der Waals surface area contributed by atoms with Crippen LogP contribution in [0.2, 0.25) is 0 Å². The van der Waals surface area contributed by atoms with E-state index in [4.69, 9.17) is 0 Å². The lowest BCUT2D eigenvalue weighted by molar-refractivity contribution is 0.616. The van der Waals surface area contributed by atoms with Crippen LogP contribution in [0, 0.1) is 6.92 Å². The maximum absolute atomic E-state index is 4.42. The summed E-state index contributed by atoms with van der Waals surface area (Å²) in [7, 11) is 2.10. The normalized spacial score (nSPS) is 15.9. The average Bonchev–Trinajstić information content (AvgIpc) is 3.08. The Morgan fingerprint density at radius 3 is 2.70 bits per heavy atom. The fourth-order valence-corrected chi connectivity index (χ4v) is 3.90. The van der Waals surface area contributed by atoms with E-state index in [1.54, 1.807) is 11.8 Å². The minimum atomic E-state index is 0.625. The second kappa shape index (κ2) is 6.00. The largest absolute Gasteiger partial charge is 0.309 e. The molecular formula is C16H21N3S. The molecule has 0 N–H and O–H groups in total. The Balaban J connectivity index is 1.70. The molecule has 1 aromatic heterocycles. The Labute approximate surface area is 124 Å². The number of aryl methyl sites for hydroxylation is 1. The van der Waals surface area contributed by atoms with Gasteiger partial charge in [0.05, 0.1) is 0 Å². The van der Waals surface area contributed by atoms with E-state index in [1.807, 2.05) is 0 Å². The number of aromatic nitrogens is 3. The fraction of sp³-hybridized carbons (Fsp3) is 0.500. The highest BCUT2D eigenvalue weighted by molar-refractivity contribution is 7.98. The Morgan fingerprint density at radius 1 is 1.20 bits per heavy atom. The molecule has 0 unspecified atom stereocenters. The number of benzene rings is 1. The van der Waals surface area contributed by atoms with Gasteiger partial charge in [0.25, 0.3) is 0 Å². The summed E-state index contributed by atoms with van der Waals surface area (Å²) in [6.45, 7) is 2.16. The molecule has 0 radical (unpaired) electrons. The van der Waals surface area contributed by atoms with Crippen LogP contribution in [0.4, 0.5) is 0 Å². The zero-order valence-electron chi connectivity index (χ0n) is 12.2. The SMILES string of the molecule is Cc1ccccc1CSc1nnc(C2CCCC2)n1C. The molecule has 1 fully saturated rings. The molecule has 1 aliphatic rings. The maximum Gasteiger partial charge on any atom is 0.191 e. The summed E-state index contributed by atoms with van der Waals surface area (Å²) in [4.78, 5) is 0. The van der Waals surface area contributed by atoms with Gasteiger partial charge in [-0.1, -0.05) is 48.9 Å². The predicted molar refractivity (Wildman–Crippen MR) is 83.0 cm³/mol. The Bertz CT molecular complexity index is 585. The van der Waals surface area contributed by atoms with Gasteiger partial charge >= 0.3 is 0 Å². The summed E-state index contributed by atoms with van der Waals surface area (Å²) in [5, 5.41) is 9.84. The smallest absolute Gasteiger partial charge is 0.191 e. The first kappa shape index (κ1) is 13.7. The van der Waals surface area contributed by atoms with Gasteiger partial charge in [0, 0.05) is 18.7 Å². The van der Waals surface area contributed by atoms with Crippen molar-refractivity contribution in [2.75, 3.05) is 0 Å². The van der Waals surface area contributed by atoms with Gasteiger partial charge in [-0.15, -0.1) is 10.2 Å². The van der Waals surface area contributed by atoms with E-state index in [9.17, 15) is 0 Å². The van der Waals surface area contributed by atoms with Gasteiger partial charge in [-0.3, -0.25) is 0 Å². The van der Waals surface area contributed by atoms with Crippen molar-refractivity contribution in [2.24, 2.45) is 7.05 Å². The second-order valence-corrected chi connectivity index (χ2v) is 6.54. The first-order valence-corrected chi connectivity index (χ1v) is 8.31. The Morgan fingerprint density at radius 2 is 1.95 bits per heavy atom. The predicted octanol–water partition coefficient (Wildman–Crippen LogP) is 4.07. The number of hydrogen-bond donors (Lipinski definition) is 0. The number of rotatable bonds is 4. The van der Waals surface area contributed by atoms with Crippen LogP contribution in [0.5, 0.6) is 0 Å². The number of hydrogen-bond acceptors (Lipinski definition) is 3. The van der Waals surface area contributed by atoms with Gasteiger partial charge < -0.3 is 4.57 Å². The topological polar surface area (TPSA) is 30.7 Å². The third-order valence-corrected chi connectivity index (χ3v) is 5.28. The second-order valence-electron chi connectivity index (χ2n) is 5.60. The quantitative estimate of drug-likeness (QED) is 0.794. The summed E-state index contributed by atoms with van der Waals surface area (Å²) in [6.07, 6.45) is 5.22. The van der Waals surface area contributed by atoms with E-state index < -0.39 is 0 Å². The molecule has 3 nitrogen and oxygen atoms in total. The highest BCUT2D eigenvalue weighted by Gasteiger charge is 2.23. The van der Waals surface area contributed by atoms with E-state index in [0.29, 0.717) is 5.92 Å². The lowest BCUT2D eigenvalue weighted by Gasteiger charge is -2.09. The molecule has 1 aliphatic carbocycles. The van der Waals surface area contributed by atoms with Crippen molar-refractivity contribution in [3.8, 4) is 0 Å². The van der Waals surface area contributed by atoms with E-state index in [2.05, 4.69) is 53.0 Å². The first-order chi connectivity index (χ1) is 9.75. The standard InChI is InChI=1S/C16H21N3S/c1-12-7-3-4-10-14(12)11-20-16-18-17-15(19(16)2)13-8-5-6-9-13/h3-4,7,10,13H,5-6,8-9,11H2,1-2H3. The lowest BCUT2D eigenvalue weighted by atomic mass is 10.1. The van der Waals surface area contributed by atoms with E-state index >= 15 is 0 Å². The molecule has 0 amide bonds. The van der Waals surface area contributed by atoms with Crippen molar-refractivity contribution in [2.45, 2.75) is 49.4 Å². The minimum absolute atomic E-state index is 0.625. The van der Waals surface area contributed by atoms with E-state index in [0.717, 1.165) is 10.9 Å². The molecule has 0 saturated heterocycles.